The van der Waals surface area contributed by atoms with Crippen molar-refractivity contribution < 1.29 is 14.3 Å². The molecule has 8 nitrogen and oxygen atoms in total. The molecule has 2 amide bonds. The molecule has 126 valence electrons. The molecule has 1 aromatic carbocycles. The van der Waals surface area contributed by atoms with Gasteiger partial charge in [-0.05, 0) is 24.6 Å². The van der Waals surface area contributed by atoms with E-state index in [0.717, 1.165) is 9.35 Å². The SMILES string of the molecule is Cc1nnc(SCC(=O)N/N=C\c2cccc(OCC(N)=O)c2)s1. The van der Waals surface area contributed by atoms with Gasteiger partial charge >= 0.3 is 0 Å². The first-order valence-electron chi connectivity index (χ1n) is 6.79. The standard InChI is InChI=1S/C14H15N5O3S2/c1-9-17-19-14(24-9)23-8-13(21)18-16-6-10-3-2-4-11(5-10)22-7-12(15)20/h2-6H,7-8H2,1H3,(H2,15,20)(H,18,21)/b16-6-. The summed E-state index contributed by atoms with van der Waals surface area (Å²) in [6, 6.07) is 6.90. The van der Waals surface area contributed by atoms with Crippen molar-refractivity contribution in [3.63, 3.8) is 0 Å². The molecule has 0 saturated heterocycles. The molecule has 0 aliphatic heterocycles. The third-order valence-electron chi connectivity index (χ3n) is 2.48. The molecule has 0 atom stereocenters. The lowest BCUT2D eigenvalue weighted by Crippen LogP contribution is -2.20. The lowest BCUT2D eigenvalue weighted by atomic mass is 10.2. The molecular formula is C14H15N5O3S2. The summed E-state index contributed by atoms with van der Waals surface area (Å²) in [6.07, 6.45) is 1.48. The highest BCUT2D eigenvalue weighted by Crippen LogP contribution is 2.21. The number of primary amides is 1. The van der Waals surface area contributed by atoms with E-state index in [1.54, 1.807) is 24.3 Å². The predicted molar refractivity (Wildman–Crippen MR) is 92.2 cm³/mol. The average Bonchev–Trinajstić information content (AvgIpc) is 2.97. The first-order valence-corrected chi connectivity index (χ1v) is 8.59. The molecule has 0 aliphatic carbocycles. The Kier molecular flexibility index (Phi) is 6.70. The van der Waals surface area contributed by atoms with Gasteiger partial charge in [-0.3, -0.25) is 9.59 Å². The number of carbonyl (C=O) groups excluding carboxylic acids is 2. The Morgan fingerprint density at radius 2 is 2.29 bits per heavy atom. The number of ether oxygens (including phenoxy) is 1. The molecule has 1 aromatic heterocycles. The summed E-state index contributed by atoms with van der Waals surface area (Å²) in [4.78, 5) is 22.4. The van der Waals surface area contributed by atoms with Crippen molar-refractivity contribution in [2.75, 3.05) is 12.4 Å². The van der Waals surface area contributed by atoms with Gasteiger partial charge in [0.25, 0.3) is 11.8 Å². The molecular weight excluding hydrogens is 350 g/mol. The van der Waals surface area contributed by atoms with Crippen molar-refractivity contribution in [3.05, 3.63) is 34.8 Å². The first kappa shape index (κ1) is 17.9. The number of rotatable bonds is 8. The number of thioether (sulfide) groups is 1. The summed E-state index contributed by atoms with van der Waals surface area (Å²) < 4.78 is 5.93. The number of nitrogens with zero attached hydrogens (tertiary/aromatic N) is 3. The van der Waals surface area contributed by atoms with Gasteiger partial charge in [0.2, 0.25) is 0 Å². The van der Waals surface area contributed by atoms with Gasteiger partial charge in [-0.15, -0.1) is 10.2 Å². The molecule has 3 N–H and O–H groups in total. The Balaban J connectivity index is 1.79. The van der Waals surface area contributed by atoms with Gasteiger partial charge in [0.05, 0.1) is 12.0 Å². The lowest BCUT2D eigenvalue weighted by Gasteiger charge is -2.03. The number of benzene rings is 1. The number of nitrogens with one attached hydrogen (secondary N) is 1. The van der Waals surface area contributed by atoms with Crippen LogP contribution in [0.25, 0.3) is 0 Å². The van der Waals surface area contributed by atoms with Crippen LogP contribution in [0.4, 0.5) is 0 Å². The minimum absolute atomic E-state index is 0.195. The molecule has 0 fully saturated rings. The van der Waals surface area contributed by atoms with Crippen LogP contribution in [0.15, 0.2) is 33.7 Å². The zero-order valence-corrected chi connectivity index (χ0v) is 14.4. The molecule has 0 aliphatic rings. The monoisotopic (exact) mass is 365 g/mol. The Bertz CT molecular complexity index is 748. The van der Waals surface area contributed by atoms with Crippen LogP contribution in [0.1, 0.15) is 10.6 Å². The number of hydrogen-bond donors (Lipinski definition) is 2. The minimum Gasteiger partial charge on any atom is -0.484 e. The molecule has 0 bridgehead atoms. The Hall–Kier alpha value is -2.46. The van der Waals surface area contributed by atoms with Gasteiger partial charge < -0.3 is 10.5 Å². The van der Waals surface area contributed by atoms with Crippen LogP contribution in [0, 0.1) is 6.92 Å². The summed E-state index contributed by atoms with van der Waals surface area (Å²) in [6.45, 7) is 1.66. The molecule has 10 heteroatoms. The van der Waals surface area contributed by atoms with E-state index in [4.69, 9.17) is 10.5 Å². The van der Waals surface area contributed by atoms with Crippen molar-refractivity contribution in [1.82, 2.24) is 15.6 Å². The number of nitrogens with two attached hydrogens (primary N) is 1. The fraction of sp³-hybridized carbons (Fsp3) is 0.214. The van der Waals surface area contributed by atoms with E-state index in [9.17, 15) is 9.59 Å². The number of aryl methyl sites for hydroxylation is 1. The minimum atomic E-state index is -0.551. The predicted octanol–water partition coefficient (Wildman–Crippen LogP) is 0.953. The number of amides is 2. The van der Waals surface area contributed by atoms with Gasteiger partial charge in [-0.1, -0.05) is 35.2 Å². The van der Waals surface area contributed by atoms with Crippen molar-refractivity contribution in [1.29, 1.82) is 0 Å². The van der Waals surface area contributed by atoms with E-state index < -0.39 is 5.91 Å². The van der Waals surface area contributed by atoms with Gasteiger partial charge in [0.1, 0.15) is 10.8 Å². The Morgan fingerprint density at radius 1 is 1.46 bits per heavy atom. The van der Waals surface area contributed by atoms with Crippen molar-refractivity contribution >= 4 is 41.1 Å². The number of aromatic nitrogens is 2. The van der Waals surface area contributed by atoms with Crippen LogP contribution >= 0.6 is 23.1 Å². The van der Waals surface area contributed by atoms with Crippen LogP contribution in [0.2, 0.25) is 0 Å². The average molecular weight is 365 g/mol. The molecule has 1 heterocycles. The maximum absolute atomic E-state index is 11.7. The highest BCUT2D eigenvalue weighted by molar-refractivity contribution is 8.01. The lowest BCUT2D eigenvalue weighted by molar-refractivity contribution is -0.120. The van der Waals surface area contributed by atoms with Crippen LogP contribution in [-0.4, -0.2) is 40.6 Å². The second-order valence-corrected chi connectivity index (χ2v) is 6.90. The third-order valence-corrected chi connectivity index (χ3v) is 4.45. The van der Waals surface area contributed by atoms with E-state index in [0.29, 0.717) is 11.3 Å². The number of hydrogen-bond acceptors (Lipinski definition) is 8. The summed E-state index contributed by atoms with van der Waals surface area (Å²) in [5, 5.41) is 12.5. The smallest absolute Gasteiger partial charge is 0.255 e. The largest absolute Gasteiger partial charge is 0.484 e. The number of hydrazone groups is 1. The molecule has 0 spiro atoms. The van der Waals surface area contributed by atoms with Crippen LogP contribution in [0.5, 0.6) is 5.75 Å². The number of carbonyl (C=O) groups is 2. The normalized spacial score (nSPS) is 10.7. The highest BCUT2D eigenvalue weighted by atomic mass is 32.2. The highest BCUT2D eigenvalue weighted by Gasteiger charge is 2.05. The summed E-state index contributed by atoms with van der Waals surface area (Å²) in [5.74, 6) is -0.103. The summed E-state index contributed by atoms with van der Waals surface area (Å²) >= 11 is 2.74. The third kappa shape index (κ3) is 6.34. The van der Waals surface area contributed by atoms with Gasteiger partial charge in [0, 0.05) is 0 Å². The maximum atomic E-state index is 11.7. The second-order valence-electron chi connectivity index (χ2n) is 4.50. The second kappa shape index (κ2) is 8.99. The Labute approximate surface area is 146 Å². The topological polar surface area (TPSA) is 120 Å². The molecule has 0 unspecified atom stereocenters. The van der Waals surface area contributed by atoms with E-state index in [1.807, 2.05) is 6.92 Å². The zero-order chi connectivity index (χ0) is 17.4. The van der Waals surface area contributed by atoms with Crippen LogP contribution < -0.4 is 15.9 Å². The van der Waals surface area contributed by atoms with E-state index >= 15 is 0 Å². The van der Waals surface area contributed by atoms with Crippen LogP contribution in [0.3, 0.4) is 0 Å². The van der Waals surface area contributed by atoms with E-state index in [1.165, 1.54) is 29.3 Å². The molecule has 0 radical (unpaired) electrons. The fourth-order valence-electron chi connectivity index (χ4n) is 1.51. The van der Waals surface area contributed by atoms with Gasteiger partial charge in [-0.2, -0.15) is 5.10 Å². The molecule has 2 rings (SSSR count). The molecule has 0 saturated carbocycles. The molecule has 24 heavy (non-hydrogen) atoms. The summed E-state index contributed by atoms with van der Waals surface area (Å²) in [7, 11) is 0. The quantitative estimate of drug-likeness (QED) is 0.408. The summed E-state index contributed by atoms with van der Waals surface area (Å²) in [5.41, 5.74) is 8.16. The van der Waals surface area contributed by atoms with Gasteiger partial charge in [-0.25, -0.2) is 5.43 Å². The first-order chi connectivity index (χ1) is 11.5. The van der Waals surface area contributed by atoms with Crippen molar-refractivity contribution in [2.24, 2.45) is 10.8 Å². The van der Waals surface area contributed by atoms with Gasteiger partial charge in [0.15, 0.2) is 10.9 Å². The van der Waals surface area contributed by atoms with E-state index in [-0.39, 0.29) is 18.3 Å². The maximum Gasteiger partial charge on any atom is 0.255 e. The van der Waals surface area contributed by atoms with E-state index in [2.05, 4.69) is 20.7 Å². The Morgan fingerprint density at radius 3 is 3.00 bits per heavy atom. The van der Waals surface area contributed by atoms with Crippen molar-refractivity contribution in [2.45, 2.75) is 11.3 Å². The molecule has 2 aromatic rings. The zero-order valence-electron chi connectivity index (χ0n) is 12.8. The van der Waals surface area contributed by atoms with Crippen molar-refractivity contribution in [3.8, 4) is 5.75 Å². The fourth-order valence-corrected chi connectivity index (χ4v) is 3.12. The van der Waals surface area contributed by atoms with Crippen LogP contribution in [-0.2, 0) is 9.59 Å².